The molecule has 1 N–H and O–H groups in total. The molecule has 2 amide bonds. The van der Waals surface area contributed by atoms with E-state index in [2.05, 4.69) is 5.32 Å². The van der Waals surface area contributed by atoms with Gasteiger partial charge >= 0.3 is 0 Å². The summed E-state index contributed by atoms with van der Waals surface area (Å²) in [5, 5.41) is 3.24. The van der Waals surface area contributed by atoms with E-state index in [1.165, 1.54) is 0 Å². The fourth-order valence-corrected chi connectivity index (χ4v) is 5.41. The number of halogens is 1. The fourth-order valence-electron chi connectivity index (χ4n) is 3.65. The number of thioether (sulfide) groups is 1. The van der Waals surface area contributed by atoms with Crippen LogP contribution >= 0.6 is 23.4 Å². The van der Waals surface area contributed by atoms with E-state index in [-0.39, 0.29) is 17.2 Å². The van der Waals surface area contributed by atoms with Gasteiger partial charge in [0, 0.05) is 27.6 Å². The predicted molar refractivity (Wildman–Crippen MR) is 128 cm³/mol. The molecule has 3 aromatic carbocycles. The van der Waals surface area contributed by atoms with Crippen molar-refractivity contribution in [2.75, 3.05) is 11.1 Å². The first-order valence-corrected chi connectivity index (χ1v) is 11.5. The van der Waals surface area contributed by atoms with Crippen LogP contribution in [0.2, 0.25) is 5.02 Å². The van der Waals surface area contributed by atoms with E-state index in [0.29, 0.717) is 16.3 Å². The first-order valence-electron chi connectivity index (χ1n) is 10.1. The monoisotopic (exact) mass is 450 g/mol. The Balaban J connectivity index is 1.67. The Morgan fingerprint density at radius 3 is 2.39 bits per heavy atom. The normalized spacial score (nSPS) is 18.1. The first-order chi connectivity index (χ1) is 15.0. The molecule has 0 spiro atoms. The highest BCUT2D eigenvalue weighted by atomic mass is 35.5. The van der Waals surface area contributed by atoms with Gasteiger partial charge in [0.2, 0.25) is 5.91 Å². The molecule has 4 rings (SSSR count). The number of hydrogen-bond acceptors (Lipinski definition) is 3. The zero-order valence-corrected chi connectivity index (χ0v) is 18.9. The summed E-state index contributed by atoms with van der Waals surface area (Å²) in [6.07, 6.45) is 0. The average Bonchev–Trinajstić information content (AvgIpc) is 3.22. The number of carbonyl (C=O) groups is 2. The summed E-state index contributed by atoms with van der Waals surface area (Å²) in [4.78, 5) is 28.4. The minimum atomic E-state index is -0.611. The van der Waals surface area contributed by atoms with Gasteiger partial charge in [-0.05, 0) is 55.3 Å². The Morgan fingerprint density at radius 1 is 0.968 bits per heavy atom. The van der Waals surface area contributed by atoms with Crippen molar-refractivity contribution < 1.29 is 9.59 Å². The molecule has 1 saturated heterocycles. The van der Waals surface area contributed by atoms with Crippen LogP contribution < -0.4 is 5.32 Å². The van der Waals surface area contributed by atoms with Gasteiger partial charge in [0.05, 0.1) is 0 Å². The van der Waals surface area contributed by atoms with Crippen LogP contribution in [0, 0.1) is 13.8 Å². The highest BCUT2D eigenvalue weighted by Crippen LogP contribution is 2.44. The van der Waals surface area contributed by atoms with Gasteiger partial charge in [0.1, 0.15) is 11.4 Å². The van der Waals surface area contributed by atoms with Gasteiger partial charge < -0.3 is 10.2 Å². The molecular weight excluding hydrogens is 428 g/mol. The van der Waals surface area contributed by atoms with Gasteiger partial charge in [-0.2, -0.15) is 0 Å². The number of benzene rings is 3. The second-order valence-electron chi connectivity index (χ2n) is 7.59. The maximum atomic E-state index is 13.5. The second kappa shape index (κ2) is 9.16. The Morgan fingerprint density at radius 2 is 1.68 bits per heavy atom. The van der Waals surface area contributed by atoms with Crippen molar-refractivity contribution in [3.8, 4) is 0 Å². The minimum absolute atomic E-state index is 0.184. The molecule has 158 valence electrons. The van der Waals surface area contributed by atoms with Crippen molar-refractivity contribution in [3.63, 3.8) is 0 Å². The number of rotatable bonds is 4. The van der Waals surface area contributed by atoms with Crippen molar-refractivity contribution in [3.05, 3.63) is 100 Å². The molecule has 0 saturated carbocycles. The SMILES string of the molecule is Cc1ccc(NC(=O)C2CSC(c3ccccc3Cl)N2C(=O)c2ccccc2)cc1C. The molecule has 31 heavy (non-hydrogen) atoms. The molecule has 1 aliphatic rings. The molecule has 1 aliphatic heterocycles. The van der Waals surface area contributed by atoms with Crippen molar-refractivity contribution in [1.29, 1.82) is 0 Å². The molecule has 1 fully saturated rings. The van der Waals surface area contributed by atoms with Crippen molar-refractivity contribution in [2.45, 2.75) is 25.3 Å². The summed E-state index contributed by atoms with van der Waals surface area (Å²) in [5.74, 6) is 0.107. The highest BCUT2D eigenvalue weighted by molar-refractivity contribution is 7.99. The number of aryl methyl sites for hydroxylation is 2. The zero-order valence-electron chi connectivity index (χ0n) is 17.3. The van der Waals surface area contributed by atoms with Crippen LogP contribution in [-0.4, -0.2) is 28.5 Å². The quantitative estimate of drug-likeness (QED) is 0.542. The van der Waals surface area contributed by atoms with Crippen LogP contribution in [0.15, 0.2) is 72.8 Å². The van der Waals surface area contributed by atoms with E-state index in [9.17, 15) is 9.59 Å². The number of amides is 2. The topological polar surface area (TPSA) is 49.4 Å². The summed E-state index contributed by atoms with van der Waals surface area (Å²) < 4.78 is 0. The van der Waals surface area contributed by atoms with Crippen molar-refractivity contribution in [1.82, 2.24) is 4.90 Å². The second-order valence-corrected chi connectivity index (χ2v) is 9.11. The molecule has 4 nitrogen and oxygen atoms in total. The first kappa shape index (κ1) is 21.5. The molecule has 1 heterocycles. The molecule has 0 aromatic heterocycles. The summed E-state index contributed by atoms with van der Waals surface area (Å²) >= 11 is 8.01. The molecule has 0 radical (unpaired) electrons. The number of nitrogens with one attached hydrogen (secondary N) is 1. The van der Waals surface area contributed by atoms with Crippen LogP contribution in [0.1, 0.15) is 32.4 Å². The number of hydrogen-bond donors (Lipinski definition) is 1. The molecular formula is C25H23ClN2O2S. The zero-order chi connectivity index (χ0) is 22.0. The van der Waals surface area contributed by atoms with Gasteiger partial charge in [0.15, 0.2) is 0 Å². The van der Waals surface area contributed by atoms with Crippen LogP contribution in [0.3, 0.4) is 0 Å². The minimum Gasteiger partial charge on any atom is -0.324 e. The van der Waals surface area contributed by atoms with Gasteiger partial charge in [-0.1, -0.05) is 54.1 Å². The smallest absolute Gasteiger partial charge is 0.255 e. The van der Waals surface area contributed by atoms with E-state index in [1.54, 1.807) is 28.8 Å². The molecule has 0 aliphatic carbocycles. The third-order valence-corrected chi connectivity index (χ3v) is 7.15. The van der Waals surface area contributed by atoms with Gasteiger partial charge in [-0.3, -0.25) is 9.59 Å². The van der Waals surface area contributed by atoms with Gasteiger partial charge in [-0.15, -0.1) is 11.8 Å². The average molecular weight is 451 g/mol. The van der Waals surface area contributed by atoms with Gasteiger partial charge in [0.25, 0.3) is 5.91 Å². The predicted octanol–water partition coefficient (Wildman–Crippen LogP) is 5.85. The maximum absolute atomic E-state index is 13.5. The Kier molecular flexibility index (Phi) is 6.35. The lowest BCUT2D eigenvalue weighted by Gasteiger charge is -2.29. The molecule has 3 aromatic rings. The number of nitrogens with zero attached hydrogens (tertiary/aromatic N) is 1. The Labute approximate surface area is 191 Å². The standard InChI is InChI=1S/C25H23ClN2O2S/c1-16-12-13-19(14-17(16)2)27-23(29)22-15-31-25(20-10-6-7-11-21(20)26)28(22)24(30)18-8-4-3-5-9-18/h3-14,22,25H,15H2,1-2H3,(H,27,29). The third kappa shape index (κ3) is 4.48. The van der Waals surface area contributed by atoms with E-state index in [4.69, 9.17) is 11.6 Å². The summed E-state index contributed by atoms with van der Waals surface area (Å²) in [5.41, 5.74) is 4.37. The highest BCUT2D eigenvalue weighted by Gasteiger charge is 2.43. The molecule has 2 unspecified atom stereocenters. The summed E-state index contributed by atoms with van der Waals surface area (Å²) in [6.45, 7) is 4.04. The Hall–Kier alpha value is -2.76. The lowest BCUT2D eigenvalue weighted by molar-refractivity contribution is -0.119. The van der Waals surface area contributed by atoms with E-state index < -0.39 is 6.04 Å². The van der Waals surface area contributed by atoms with Crippen LogP contribution in [0.25, 0.3) is 0 Å². The molecule has 0 bridgehead atoms. The Bertz CT molecular complexity index is 1120. The van der Waals surface area contributed by atoms with E-state index in [1.807, 2.05) is 74.5 Å². The molecule has 6 heteroatoms. The maximum Gasteiger partial charge on any atom is 0.255 e. The third-order valence-electron chi connectivity index (χ3n) is 5.50. The van der Waals surface area contributed by atoms with E-state index >= 15 is 0 Å². The van der Waals surface area contributed by atoms with Gasteiger partial charge in [-0.25, -0.2) is 0 Å². The largest absolute Gasteiger partial charge is 0.324 e. The lowest BCUT2D eigenvalue weighted by atomic mass is 10.1. The van der Waals surface area contributed by atoms with Crippen LogP contribution in [0.5, 0.6) is 0 Å². The van der Waals surface area contributed by atoms with Crippen molar-refractivity contribution in [2.24, 2.45) is 0 Å². The molecule has 2 atom stereocenters. The lowest BCUT2D eigenvalue weighted by Crippen LogP contribution is -2.45. The summed E-state index contributed by atoms with van der Waals surface area (Å²) in [7, 11) is 0. The van der Waals surface area contributed by atoms with Crippen molar-refractivity contribution >= 4 is 40.9 Å². The fraction of sp³-hybridized carbons (Fsp3) is 0.200. The van der Waals surface area contributed by atoms with E-state index in [0.717, 1.165) is 22.4 Å². The number of carbonyl (C=O) groups excluding carboxylic acids is 2. The van der Waals surface area contributed by atoms with Crippen LogP contribution in [0.4, 0.5) is 5.69 Å². The number of anilines is 1. The van der Waals surface area contributed by atoms with Crippen LogP contribution in [-0.2, 0) is 4.79 Å². The summed E-state index contributed by atoms with van der Waals surface area (Å²) in [6, 6.07) is 21.7.